The Hall–Kier alpha value is -4.03. The van der Waals surface area contributed by atoms with Gasteiger partial charge in [0.25, 0.3) is 0 Å². The zero-order valence-electron chi connectivity index (χ0n) is 32.0. The molecule has 8 rings (SSSR count). The molecule has 0 aliphatic heterocycles. The zero-order chi connectivity index (χ0) is 39.2. The third kappa shape index (κ3) is 15.3. The Balaban J connectivity index is 0.000000167. The Morgan fingerprint density at radius 2 is 0.263 bits per heavy atom. The monoisotopic (exact) mass is 858 g/mol. The first-order chi connectivity index (χ1) is 27.5. The van der Waals surface area contributed by atoms with E-state index in [1.165, 1.54) is 44.5 Å². The van der Waals surface area contributed by atoms with E-state index in [4.69, 9.17) is 0 Å². The van der Waals surface area contributed by atoms with Crippen LogP contribution in [0.4, 0.5) is 0 Å². The number of benzene rings is 8. The molecular formula is C52H52NiP4. The molecule has 8 aromatic rings. The molecule has 5 heteroatoms. The standard InChI is InChI=1S/4C13H13P.Ni/c4*14-13(11-7-3-1-4-8-11)12-9-5-2-6-10-12;/h4*1-10,13H,14H2;. The summed E-state index contributed by atoms with van der Waals surface area (Å²) in [6.45, 7) is 0. The van der Waals surface area contributed by atoms with Gasteiger partial charge in [-0.05, 0) is 44.5 Å². The summed E-state index contributed by atoms with van der Waals surface area (Å²) in [5, 5.41) is 0. The fourth-order valence-electron chi connectivity index (χ4n) is 6.05. The SMILES string of the molecule is PC(c1ccccc1)c1ccccc1.PC(c1ccccc1)c1ccccc1.PC(c1ccccc1)c1ccccc1.PC(c1ccccc1)c1ccccc1.[Ni]. The average Bonchev–Trinajstić information content (AvgIpc) is 3.31. The fraction of sp³-hybridized carbons (Fsp3) is 0.0769. The van der Waals surface area contributed by atoms with Crippen LogP contribution < -0.4 is 0 Å². The minimum absolute atomic E-state index is 0. The summed E-state index contributed by atoms with van der Waals surface area (Å²) in [5.74, 6) is 0. The molecule has 0 aliphatic carbocycles. The molecule has 8 aromatic carbocycles. The summed E-state index contributed by atoms with van der Waals surface area (Å²) in [5.41, 5.74) is 12.3. The molecule has 0 saturated carbocycles. The largest absolute Gasteiger partial charge is 0.125 e. The predicted molar refractivity (Wildman–Crippen MR) is 258 cm³/mol. The fourth-order valence-corrected chi connectivity index (χ4v) is 7.83. The topological polar surface area (TPSA) is 0 Å². The van der Waals surface area contributed by atoms with Crippen molar-refractivity contribution in [3.05, 3.63) is 287 Å². The van der Waals surface area contributed by atoms with Gasteiger partial charge in [-0.15, -0.1) is 37.0 Å². The summed E-state index contributed by atoms with van der Waals surface area (Å²) in [4.78, 5) is 0. The van der Waals surface area contributed by atoms with Crippen LogP contribution in [-0.2, 0) is 16.5 Å². The zero-order valence-corrected chi connectivity index (χ0v) is 37.6. The van der Waals surface area contributed by atoms with Crippen LogP contribution >= 0.6 is 37.0 Å². The van der Waals surface area contributed by atoms with Gasteiger partial charge in [0.05, 0.1) is 0 Å². The second-order valence-electron chi connectivity index (χ2n) is 13.2. The van der Waals surface area contributed by atoms with Gasteiger partial charge < -0.3 is 0 Å². The van der Waals surface area contributed by atoms with Gasteiger partial charge in [-0.1, -0.05) is 243 Å². The maximum atomic E-state index is 2.89. The van der Waals surface area contributed by atoms with Gasteiger partial charge in [0.1, 0.15) is 0 Å². The van der Waals surface area contributed by atoms with E-state index >= 15 is 0 Å². The molecule has 4 atom stereocenters. The van der Waals surface area contributed by atoms with Crippen LogP contribution in [0.3, 0.4) is 0 Å². The van der Waals surface area contributed by atoms with E-state index in [0.29, 0.717) is 22.6 Å². The number of hydrogen-bond donors (Lipinski definition) is 0. The Labute approximate surface area is 361 Å². The normalized spacial score (nSPS) is 10.2. The number of hydrogen-bond acceptors (Lipinski definition) is 0. The molecular weight excluding hydrogens is 807 g/mol. The predicted octanol–water partition coefficient (Wildman–Crippen LogP) is 14.6. The van der Waals surface area contributed by atoms with Gasteiger partial charge in [-0.2, -0.15) is 0 Å². The molecule has 0 amide bonds. The summed E-state index contributed by atoms with van der Waals surface area (Å²) in [6, 6.07) is 84.2. The first-order valence-corrected chi connectivity index (χ1v) is 21.6. The molecule has 0 radical (unpaired) electrons. The Morgan fingerprint density at radius 3 is 0.351 bits per heavy atom. The third-order valence-electron chi connectivity index (χ3n) is 9.27. The quantitative estimate of drug-likeness (QED) is 0.105. The van der Waals surface area contributed by atoms with Crippen molar-refractivity contribution in [1.82, 2.24) is 0 Å². The Morgan fingerprint density at radius 1 is 0.175 bits per heavy atom. The first kappa shape index (κ1) is 45.7. The van der Waals surface area contributed by atoms with Crippen molar-refractivity contribution >= 4 is 37.0 Å². The van der Waals surface area contributed by atoms with Crippen molar-refractivity contribution in [3.8, 4) is 0 Å². The summed E-state index contributed by atoms with van der Waals surface area (Å²) < 4.78 is 0. The molecule has 0 aliphatic rings. The van der Waals surface area contributed by atoms with Crippen molar-refractivity contribution < 1.29 is 16.5 Å². The molecule has 0 saturated heterocycles. The molecule has 0 aromatic heterocycles. The van der Waals surface area contributed by atoms with E-state index in [0.717, 1.165) is 0 Å². The summed E-state index contributed by atoms with van der Waals surface area (Å²) in [6.07, 6.45) is 0. The maximum absolute atomic E-state index is 2.89. The van der Waals surface area contributed by atoms with Crippen LogP contribution in [0.5, 0.6) is 0 Å². The Kier molecular flexibility index (Phi) is 20.9. The van der Waals surface area contributed by atoms with Crippen LogP contribution in [0.15, 0.2) is 243 Å². The second-order valence-corrected chi connectivity index (χ2v) is 15.9. The van der Waals surface area contributed by atoms with Crippen molar-refractivity contribution in [2.75, 3.05) is 0 Å². The van der Waals surface area contributed by atoms with Gasteiger partial charge in [0, 0.05) is 39.1 Å². The van der Waals surface area contributed by atoms with Gasteiger partial charge in [0.15, 0.2) is 0 Å². The minimum atomic E-state index is 0. The van der Waals surface area contributed by atoms with E-state index in [-0.39, 0.29) is 16.5 Å². The maximum Gasteiger partial charge on any atom is 0.0234 e. The van der Waals surface area contributed by atoms with E-state index < -0.39 is 0 Å². The van der Waals surface area contributed by atoms with Crippen molar-refractivity contribution in [3.63, 3.8) is 0 Å². The van der Waals surface area contributed by atoms with Crippen molar-refractivity contribution in [2.45, 2.75) is 22.6 Å². The van der Waals surface area contributed by atoms with Crippen LogP contribution in [0.25, 0.3) is 0 Å². The van der Waals surface area contributed by atoms with E-state index in [1.807, 2.05) is 48.5 Å². The molecule has 0 N–H and O–H groups in total. The second kappa shape index (κ2) is 26.1. The molecule has 0 spiro atoms. The third-order valence-corrected chi connectivity index (χ3v) is 12.3. The van der Waals surface area contributed by atoms with Crippen LogP contribution in [0, 0.1) is 0 Å². The summed E-state index contributed by atoms with van der Waals surface area (Å²) in [7, 11) is 11.5. The van der Waals surface area contributed by atoms with Gasteiger partial charge in [-0.3, -0.25) is 0 Å². The first-order valence-electron chi connectivity index (χ1n) is 18.9. The van der Waals surface area contributed by atoms with E-state index in [1.54, 1.807) is 0 Å². The molecule has 290 valence electrons. The van der Waals surface area contributed by atoms with Crippen LogP contribution in [0.2, 0.25) is 0 Å². The van der Waals surface area contributed by atoms with Crippen molar-refractivity contribution in [2.24, 2.45) is 0 Å². The van der Waals surface area contributed by atoms with Gasteiger partial charge >= 0.3 is 0 Å². The van der Waals surface area contributed by atoms with Crippen LogP contribution in [-0.4, -0.2) is 0 Å². The van der Waals surface area contributed by atoms with Gasteiger partial charge in [-0.25, -0.2) is 0 Å². The average molecular weight is 860 g/mol. The molecule has 4 unspecified atom stereocenters. The number of rotatable bonds is 8. The van der Waals surface area contributed by atoms with E-state index in [9.17, 15) is 0 Å². The smallest absolute Gasteiger partial charge is 0.0234 e. The molecule has 57 heavy (non-hydrogen) atoms. The molecule has 0 fully saturated rings. The minimum Gasteiger partial charge on any atom is -0.125 e. The molecule has 0 heterocycles. The van der Waals surface area contributed by atoms with E-state index in [2.05, 4.69) is 231 Å². The molecule has 0 bridgehead atoms. The summed E-state index contributed by atoms with van der Waals surface area (Å²) >= 11 is 0. The molecule has 0 nitrogen and oxygen atoms in total. The van der Waals surface area contributed by atoms with Gasteiger partial charge in [0.2, 0.25) is 0 Å². The Bertz CT molecular complexity index is 1700. The van der Waals surface area contributed by atoms with Crippen LogP contribution in [0.1, 0.15) is 67.1 Å². The van der Waals surface area contributed by atoms with Crippen molar-refractivity contribution in [1.29, 1.82) is 0 Å².